The first-order valence-corrected chi connectivity index (χ1v) is 5.33. The molecule has 0 spiro atoms. The Kier molecular flexibility index (Phi) is 2.93. The fourth-order valence-electron chi connectivity index (χ4n) is 1.79. The van der Waals surface area contributed by atoms with Crippen molar-refractivity contribution in [2.45, 2.75) is 31.9 Å². The molecule has 2 atom stereocenters. The quantitative estimate of drug-likeness (QED) is 0.517. The zero-order valence-corrected chi connectivity index (χ0v) is 9.53. The van der Waals surface area contributed by atoms with Crippen molar-refractivity contribution in [3.05, 3.63) is 12.3 Å². The van der Waals surface area contributed by atoms with E-state index in [0.717, 1.165) is 18.8 Å². The average molecular weight is 223 g/mol. The predicted octanol–water partition coefficient (Wildman–Crippen LogP) is 0.742. The highest BCUT2D eigenvalue weighted by Crippen LogP contribution is 2.28. The summed E-state index contributed by atoms with van der Waals surface area (Å²) in [5.74, 6) is 6.42. The molecule has 4 N–H and O–H groups in total. The normalized spacial score (nSPS) is 29.1. The second-order valence-corrected chi connectivity index (χ2v) is 4.22. The van der Waals surface area contributed by atoms with Gasteiger partial charge in [0.25, 0.3) is 0 Å². The van der Waals surface area contributed by atoms with Crippen LogP contribution in [0.1, 0.15) is 20.3 Å². The molecule has 1 aromatic rings. The number of nitrogen functional groups attached to an aromatic ring is 1. The van der Waals surface area contributed by atoms with Gasteiger partial charge < -0.3 is 10.1 Å². The van der Waals surface area contributed by atoms with Gasteiger partial charge in [-0.1, -0.05) is 0 Å². The smallest absolute Gasteiger partial charge is 0.239 e. The van der Waals surface area contributed by atoms with Crippen molar-refractivity contribution in [3.63, 3.8) is 0 Å². The molecule has 1 saturated heterocycles. The highest BCUT2D eigenvalue weighted by molar-refractivity contribution is 5.42. The SMILES string of the molecule is CC1OCCC1(C)Nc1ccnc(NN)n1. The summed E-state index contributed by atoms with van der Waals surface area (Å²) in [7, 11) is 0. The van der Waals surface area contributed by atoms with E-state index in [-0.39, 0.29) is 11.6 Å². The van der Waals surface area contributed by atoms with Crippen molar-refractivity contribution in [2.24, 2.45) is 5.84 Å². The Hall–Kier alpha value is -1.40. The fourth-order valence-corrected chi connectivity index (χ4v) is 1.79. The average Bonchev–Trinajstić information content (AvgIpc) is 2.59. The van der Waals surface area contributed by atoms with Gasteiger partial charge in [0, 0.05) is 12.8 Å². The summed E-state index contributed by atoms with van der Waals surface area (Å²) in [6.45, 7) is 4.96. The molecule has 0 aliphatic carbocycles. The third-order valence-electron chi connectivity index (χ3n) is 3.08. The first-order chi connectivity index (χ1) is 7.64. The molecule has 6 nitrogen and oxygen atoms in total. The highest BCUT2D eigenvalue weighted by Gasteiger charge is 2.37. The number of nitrogens with two attached hydrogens (primary N) is 1. The van der Waals surface area contributed by atoms with E-state index in [1.807, 2.05) is 6.07 Å². The maximum absolute atomic E-state index is 5.55. The van der Waals surface area contributed by atoms with Gasteiger partial charge in [0.05, 0.1) is 11.6 Å². The van der Waals surface area contributed by atoms with Crippen LogP contribution in [0.15, 0.2) is 12.3 Å². The number of hydrazine groups is 1. The van der Waals surface area contributed by atoms with Crippen LogP contribution in [0.5, 0.6) is 0 Å². The summed E-state index contributed by atoms with van der Waals surface area (Å²) >= 11 is 0. The number of ether oxygens (including phenoxy) is 1. The van der Waals surface area contributed by atoms with Crippen LogP contribution in [0.3, 0.4) is 0 Å². The van der Waals surface area contributed by atoms with Gasteiger partial charge >= 0.3 is 0 Å². The molecule has 1 aliphatic heterocycles. The summed E-state index contributed by atoms with van der Waals surface area (Å²) in [4.78, 5) is 8.18. The molecule has 16 heavy (non-hydrogen) atoms. The van der Waals surface area contributed by atoms with Gasteiger partial charge in [-0.2, -0.15) is 4.98 Å². The van der Waals surface area contributed by atoms with E-state index in [2.05, 4.69) is 34.6 Å². The van der Waals surface area contributed by atoms with Gasteiger partial charge in [-0.3, -0.25) is 5.43 Å². The largest absolute Gasteiger partial charge is 0.376 e. The van der Waals surface area contributed by atoms with E-state index in [0.29, 0.717) is 5.95 Å². The molecule has 0 bridgehead atoms. The van der Waals surface area contributed by atoms with Crippen LogP contribution in [-0.4, -0.2) is 28.2 Å². The summed E-state index contributed by atoms with van der Waals surface area (Å²) in [6, 6.07) is 1.82. The monoisotopic (exact) mass is 223 g/mol. The second kappa shape index (κ2) is 4.23. The summed E-state index contributed by atoms with van der Waals surface area (Å²) < 4.78 is 5.55. The van der Waals surface area contributed by atoms with Gasteiger partial charge in [-0.05, 0) is 26.3 Å². The van der Waals surface area contributed by atoms with E-state index in [9.17, 15) is 0 Å². The van der Waals surface area contributed by atoms with E-state index >= 15 is 0 Å². The number of hydrogen-bond acceptors (Lipinski definition) is 6. The summed E-state index contributed by atoms with van der Waals surface area (Å²) in [6.07, 6.45) is 2.79. The Balaban J connectivity index is 2.13. The lowest BCUT2D eigenvalue weighted by molar-refractivity contribution is 0.105. The van der Waals surface area contributed by atoms with Crippen molar-refractivity contribution in [1.82, 2.24) is 9.97 Å². The van der Waals surface area contributed by atoms with Crippen molar-refractivity contribution >= 4 is 11.8 Å². The lowest BCUT2D eigenvalue weighted by atomic mass is 9.95. The zero-order chi connectivity index (χ0) is 11.6. The Labute approximate surface area is 94.6 Å². The van der Waals surface area contributed by atoms with E-state index < -0.39 is 0 Å². The van der Waals surface area contributed by atoms with Crippen molar-refractivity contribution < 1.29 is 4.74 Å². The highest BCUT2D eigenvalue weighted by atomic mass is 16.5. The van der Waals surface area contributed by atoms with Crippen molar-refractivity contribution in [2.75, 3.05) is 17.3 Å². The minimum Gasteiger partial charge on any atom is -0.376 e. The molecule has 88 valence electrons. The first-order valence-electron chi connectivity index (χ1n) is 5.33. The Morgan fingerprint density at radius 1 is 1.62 bits per heavy atom. The number of aromatic nitrogens is 2. The van der Waals surface area contributed by atoms with Gasteiger partial charge in [0.2, 0.25) is 5.95 Å². The molecule has 6 heteroatoms. The summed E-state index contributed by atoms with van der Waals surface area (Å²) in [5.41, 5.74) is 2.34. The minimum atomic E-state index is -0.0831. The topological polar surface area (TPSA) is 85.1 Å². The third kappa shape index (κ3) is 2.07. The van der Waals surface area contributed by atoms with E-state index in [4.69, 9.17) is 10.6 Å². The van der Waals surface area contributed by atoms with Gasteiger partial charge in [-0.15, -0.1) is 0 Å². The number of nitrogens with zero attached hydrogens (tertiary/aromatic N) is 2. The molecule has 1 aliphatic rings. The molecule has 2 rings (SSSR count). The van der Waals surface area contributed by atoms with E-state index in [1.165, 1.54) is 0 Å². The minimum absolute atomic E-state index is 0.0831. The zero-order valence-electron chi connectivity index (χ0n) is 9.53. The molecule has 0 saturated carbocycles. The third-order valence-corrected chi connectivity index (χ3v) is 3.08. The molecular formula is C10H17N5O. The van der Waals surface area contributed by atoms with Crippen molar-refractivity contribution in [3.8, 4) is 0 Å². The Morgan fingerprint density at radius 3 is 3.06 bits per heavy atom. The Bertz CT molecular complexity index is 372. The van der Waals surface area contributed by atoms with Gasteiger partial charge in [0.1, 0.15) is 5.82 Å². The molecule has 2 heterocycles. The summed E-state index contributed by atoms with van der Waals surface area (Å²) in [5, 5.41) is 3.37. The molecule has 0 radical (unpaired) electrons. The molecule has 1 fully saturated rings. The number of hydrogen-bond donors (Lipinski definition) is 3. The van der Waals surface area contributed by atoms with Crippen LogP contribution in [-0.2, 0) is 4.74 Å². The van der Waals surface area contributed by atoms with Crippen LogP contribution >= 0.6 is 0 Å². The number of nitrogens with one attached hydrogen (secondary N) is 2. The first kappa shape index (κ1) is 11.1. The predicted molar refractivity (Wildman–Crippen MR) is 61.9 cm³/mol. The number of rotatable bonds is 3. The Morgan fingerprint density at radius 2 is 2.44 bits per heavy atom. The van der Waals surface area contributed by atoms with Gasteiger partial charge in [0.15, 0.2) is 0 Å². The van der Waals surface area contributed by atoms with E-state index in [1.54, 1.807) is 6.20 Å². The van der Waals surface area contributed by atoms with Gasteiger partial charge in [-0.25, -0.2) is 10.8 Å². The van der Waals surface area contributed by atoms with Crippen LogP contribution < -0.4 is 16.6 Å². The lowest BCUT2D eigenvalue weighted by Gasteiger charge is -2.29. The molecule has 0 amide bonds. The number of anilines is 2. The lowest BCUT2D eigenvalue weighted by Crippen LogP contribution is -2.41. The maximum Gasteiger partial charge on any atom is 0.239 e. The second-order valence-electron chi connectivity index (χ2n) is 4.22. The molecule has 0 aromatic carbocycles. The van der Waals surface area contributed by atoms with Crippen molar-refractivity contribution in [1.29, 1.82) is 0 Å². The molecule has 1 aromatic heterocycles. The fraction of sp³-hybridized carbons (Fsp3) is 0.600. The molecule has 2 unspecified atom stereocenters. The molecular weight excluding hydrogens is 206 g/mol. The van der Waals surface area contributed by atoms with Crippen LogP contribution in [0.2, 0.25) is 0 Å². The van der Waals surface area contributed by atoms with Crippen LogP contribution in [0.25, 0.3) is 0 Å². The standard InChI is InChI=1S/C10H17N5O/c1-7-10(2,4-6-16-7)14-8-3-5-12-9(13-8)15-11/h3,5,7H,4,6,11H2,1-2H3,(H2,12,13,14,15). The van der Waals surface area contributed by atoms with Crippen LogP contribution in [0.4, 0.5) is 11.8 Å². The van der Waals surface area contributed by atoms with Crippen LogP contribution in [0, 0.1) is 0 Å². The maximum atomic E-state index is 5.55.